The number of methoxy groups -OCH3 is 2. The van der Waals surface area contributed by atoms with Crippen LogP contribution in [0.25, 0.3) is 0 Å². The van der Waals surface area contributed by atoms with Crippen LogP contribution in [0.5, 0.6) is 11.5 Å². The van der Waals surface area contributed by atoms with Gasteiger partial charge in [-0.1, -0.05) is 12.1 Å². The summed E-state index contributed by atoms with van der Waals surface area (Å²) in [7, 11) is 4.89. The molecule has 0 aliphatic carbocycles. The van der Waals surface area contributed by atoms with E-state index < -0.39 is 0 Å². The SMILES string of the molecule is COc1ccc(C(=O)Nc2ccccc2Sc2nc(Br)nn2C)cc1OC. The van der Waals surface area contributed by atoms with E-state index >= 15 is 0 Å². The number of rotatable bonds is 6. The second-order valence-corrected chi connectivity index (χ2v) is 7.13. The van der Waals surface area contributed by atoms with Gasteiger partial charge in [-0.2, -0.15) is 4.98 Å². The summed E-state index contributed by atoms with van der Waals surface area (Å²) in [6.07, 6.45) is 0. The van der Waals surface area contributed by atoms with Gasteiger partial charge in [0, 0.05) is 17.5 Å². The summed E-state index contributed by atoms with van der Waals surface area (Å²) in [5.41, 5.74) is 1.15. The highest BCUT2D eigenvalue weighted by molar-refractivity contribution is 9.10. The van der Waals surface area contributed by atoms with Crippen LogP contribution in [0.15, 0.2) is 57.3 Å². The molecule has 0 saturated carbocycles. The first kappa shape index (κ1) is 19.2. The summed E-state index contributed by atoms with van der Waals surface area (Å²) in [6.45, 7) is 0. The third kappa shape index (κ3) is 4.42. The fourth-order valence-corrected chi connectivity index (χ4v) is 3.76. The van der Waals surface area contributed by atoms with E-state index in [0.717, 1.165) is 4.90 Å². The van der Waals surface area contributed by atoms with Gasteiger partial charge in [-0.25, -0.2) is 4.68 Å². The fraction of sp³-hybridized carbons (Fsp3) is 0.167. The van der Waals surface area contributed by atoms with E-state index in [-0.39, 0.29) is 5.91 Å². The molecule has 0 spiro atoms. The minimum Gasteiger partial charge on any atom is -0.493 e. The number of aromatic nitrogens is 3. The van der Waals surface area contributed by atoms with Crippen LogP contribution in [-0.2, 0) is 7.05 Å². The largest absolute Gasteiger partial charge is 0.493 e. The van der Waals surface area contributed by atoms with Crippen molar-refractivity contribution < 1.29 is 14.3 Å². The Kier molecular flexibility index (Phi) is 6.02. The number of carbonyl (C=O) groups is 1. The van der Waals surface area contributed by atoms with Crippen LogP contribution in [0.4, 0.5) is 5.69 Å². The molecule has 0 atom stereocenters. The molecule has 0 aliphatic rings. The van der Waals surface area contributed by atoms with Gasteiger partial charge in [0.25, 0.3) is 5.91 Å². The molecule has 0 aliphatic heterocycles. The fourth-order valence-electron chi connectivity index (χ4n) is 2.36. The number of carbonyl (C=O) groups excluding carboxylic acids is 1. The highest BCUT2D eigenvalue weighted by atomic mass is 79.9. The second-order valence-electron chi connectivity index (χ2n) is 5.41. The lowest BCUT2D eigenvalue weighted by atomic mass is 10.2. The predicted molar refractivity (Wildman–Crippen MR) is 107 cm³/mol. The number of anilines is 1. The molecular weight excluding hydrogens is 432 g/mol. The normalized spacial score (nSPS) is 10.5. The minimum absolute atomic E-state index is 0.247. The van der Waals surface area contributed by atoms with Crippen LogP contribution >= 0.6 is 27.7 Å². The quantitative estimate of drug-likeness (QED) is 0.613. The van der Waals surface area contributed by atoms with E-state index in [1.807, 2.05) is 31.3 Å². The molecule has 3 rings (SSSR count). The van der Waals surface area contributed by atoms with Gasteiger partial charge in [-0.15, -0.1) is 5.10 Å². The summed E-state index contributed by atoms with van der Waals surface area (Å²) >= 11 is 4.68. The second kappa shape index (κ2) is 8.45. The number of nitrogens with one attached hydrogen (secondary N) is 1. The Hall–Kier alpha value is -2.52. The van der Waals surface area contributed by atoms with Gasteiger partial charge >= 0.3 is 0 Å². The van der Waals surface area contributed by atoms with E-state index in [0.29, 0.717) is 32.6 Å². The smallest absolute Gasteiger partial charge is 0.255 e. The van der Waals surface area contributed by atoms with E-state index in [1.54, 1.807) is 30.0 Å². The Morgan fingerprint density at radius 3 is 2.56 bits per heavy atom. The Bertz CT molecular complexity index is 977. The third-order valence-electron chi connectivity index (χ3n) is 3.68. The number of amides is 1. The molecule has 0 bridgehead atoms. The average molecular weight is 449 g/mol. The van der Waals surface area contributed by atoms with E-state index in [1.165, 1.54) is 18.9 Å². The molecule has 27 heavy (non-hydrogen) atoms. The maximum atomic E-state index is 12.7. The Morgan fingerprint density at radius 1 is 1.15 bits per heavy atom. The summed E-state index contributed by atoms with van der Waals surface area (Å²) in [6, 6.07) is 12.5. The first-order valence-electron chi connectivity index (χ1n) is 7.88. The number of hydrogen-bond donors (Lipinski definition) is 1. The zero-order valence-corrected chi connectivity index (χ0v) is 17.3. The van der Waals surface area contributed by atoms with Crippen molar-refractivity contribution in [3.63, 3.8) is 0 Å². The predicted octanol–water partition coefficient (Wildman–Crippen LogP) is 4.00. The van der Waals surface area contributed by atoms with Crippen LogP contribution in [0.2, 0.25) is 0 Å². The molecule has 7 nitrogen and oxygen atoms in total. The van der Waals surface area contributed by atoms with Crippen LogP contribution in [0.1, 0.15) is 10.4 Å². The zero-order valence-electron chi connectivity index (χ0n) is 14.9. The Labute approximate surface area is 169 Å². The van der Waals surface area contributed by atoms with Crippen LogP contribution < -0.4 is 14.8 Å². The van der Waals surface area contributed by atoms with Gasteiger partial charge in [0.1, 0.15) is 0 Å². The van der Waals surface area contributed by atoms with Crippen molar-refractivity contribution in [2.24, 2.45) is 7.05 Å². The molecule has 1 aromatic heterocycles. The molecule has 0 unspecified atom stereocenters. The lowest BCUT2D eigenvalue weighted by molar-refractivity contribution is 0.102. The molecule has 2 aromatic carbocycles. The maximum absolute atomic E-state index is 12.7. The third-order valence-corrected chi connectivity index (χ3v) is 5.13. The number of aryl methyl sites for hydroxylation is 1. The van der Waals surface area contributed by atoms with Gasteiger partial charge in [0.05, 0.1) is 19.9 Å². The lowest BCUT2D eigenvalue weighted by Gasteiger charge is -2.12. The van der Waals surface area contributed by atoms with Crippen molar-refractivity contribution in [2.45, 2.75) is 10.1 Å². The van der Waals surface area contributed by atoms with E-state index in [4.69, 9.17) is 9.47 Å². The Balaban J connectivity index is 1.83. The number of halogens is 1. The molecule has 1 heterocycles. The average Bonchev–Trinajstić information content (AvgIpc) is 2.99. The van der Waals surface area contributed by atoms with Gasteiger partial charge in [0.2, 0.25) is 4.73 Å². The van der Waals surface area contributed by atoms with Crippen LogP contribution in [0.3, 0.4) is 0 Å². The maximum Gasteiger partial charge on any atom is 0.255 e. The van der Waals surface area contributed by atoms with Gasteiger partial charge in [-0.05, 0) is 58.0 Å². The highest BCUT2D eigenvalue weighted by Gasteiger charge is 2.15. The highest BCUT2D eigenvalue weighted by Crippen LogP contribution is 2.33. The van der Waals surface area contributed by atoms with Gasteiger partial charge in [0.15, 0.2) is 16.7 Å². The van der Waals surface area contributed by atoms with Crippen molar-refractivity contribution in [3.8, 4) is 11.5 Å². The molecule has 1 amide bonds. The number of benzene rings is 2. The molecule has 0 saturated heterocycles. The topological polar surface area (TPSA) is 78.3 Å². The van der Waals surface area contributed by atoms with E-state index in [2.05, 4.69) is 31.3 Å². The molecule has 0 fully saturated rings. The molecular formula is C18H17BrN4O3S. The van der Waals surface area contributed by atoms with Crippen molar-refractivity contribution in [2.75, 3.05) is 19.5 Å². The number of hydrogen-bond acceptors (Lipinski definition) is 6. The monoisotopic (exact) mass is 448 g/mol. The standard InChI is InChI=1S/C18H17BrN4O3S/c1-23-18(21-17(19)22-23)27-15-7-5-4-6-12(15)20-16(24)11-8-9-13(25-2)14(10-11)26-3/h4-10H,1-3H3,(H,20,24). The van der Waals surface area contributed by atoms with Crippen molar-refractivity contribution in [1.82, 2.24) is 14.8 Å². The number of para-hydroxylation sites is 1. The van der Waals surface area contributed by atoms with Gasteiger partial charge < -0.3 is 14.8 Å². The summed E-state index contributed by atoms with van der Waals surface area (Å²) in [4.78, 5) is 17.9. The van der Waals surface area contributed by atoms with Crippen LogP contribution in [0, 0.1) is 0 Å². The first-order chi connectivity index (χ1) is 13.0. The summed E-state index contributed by atoms with van der Waals surface area (Å²) in [5.74, 6) is 0.817. The molecule has 9 heteroatoms. The molecule has 1 N–H and O–H groups in total. The van der Waals surface area contributed by atoms with Crippen LogP contribution in [-0.4, -0.2) is 34.9 Å². The van der Waals surface area contributed by atoms with Crippen molar-refractivity contribution in [1.29, 1.82) is 0 Å². The molecule has 140 valence electrons. The molecule has 0 radical (unpaired) electrons. The minimum atomic E-state index is -0.247. The number of nitrogens with zero attached hydrogens (tertiary/aromatic N) is 3. The summed E-state index contributed by atoms with van der Waals surface area (Å²) < 4.78 is 12.7. The van der Waals surface area contributed by atoms with Crippen molar-refractivity contribution >= 4 is 39.3 Å². The Morgan fingerprint density at radius 2 is 1.89 bits per heavy atom. The first-order valence-corrected chi connectivity index (χ1v) is 9.49. The lowest BCUT2D eigenvalue weighted by Crippen LogP contribution is -2.12. The van der Waals surface area contributed by atoms with E-state index in [9.17, 15) is 4.79 Å². The summed E-state index contributed by atoms with van der Waals surface area (Å²) in [5, 5.41) is 7.81. The zero-order chi connectivity index (χ0) is 19.4. The van der Waals surface area contributed by atoms with Crippen molar-refractivity contribution in [3.05, 3.63) is 52.8 Å². The van der Waals surface area contributed by atoms with Gasteiger partial charge in [-0.3, -0.25) is 4.79 Å². The number of ether oxygens (including phenoxy) is 2. The molecule has 3 aromatic rings.